The van der Waals surface area contributed by atoms with E-state index < -0.39 is 0 Å². The van der Waals surface area contributed by atoms with Crippen LogP contribution in [0.2, 0.25) is 0 Å². The topological polar surface area (TPSA) is 58.4 Å². The van der Waals surface area contributed by atoms with Crippen LogP contribution in [0.4, 0.5) is 0 Å². The van der Waals surface area contributed by atoms with E-state index in [0.29, 0.717) is 12.0 Å². The van der Waals surface area contributed by atoms with Gasteiger partial charge in [0, 0.05) is 6.04 Å². The first-order valence-electron chi connectivity index (χ1n) is 5.12. The van der Waals surface area contributed by atoms with Crippen LogP contribution >= 0.6 is 0 Å². The Labute approximate surface area is 86.8 Å². The number of carbonyl (C=O) groups excluding carboxylic acids is 1. The summed E-state index contributed by atoms with van der Waals surface area (Å²) in [5.41, 5.74) is 2.17. The molecule has 4 heteroatoms. The first-order chi connectivity index (χ1) is 6.40. The van der Waals surface area contributed by atoms with Gasteiger partial charge in [-0.15, -0.1) is 0 Å². The molecule has 0 rings (SSSR count). The molecule has 0 aliphatic carbocycles. The zero-order chi connectivity index (χ0) is 11.3. The van der Waals surface area contributed by atoms with Crippen molar-refractivity contribution in [2.24, 2.45) is 11.8 Å². The van der Waals surface area contributed by atoms with Gasteiger partial charge in [-0.25, -0.2) is 5.84 Å². The number of likely N-dealkylation sites (N-methyl/N-ethyl adjacent to an activating group) is 1. The molecule has 0 aliphatic rings. The SMILES string of the molecule is CC(C)CC(C)N(C)C(C)C(=O)NN. The summed E-state index contributed by atoms with van der Waals surface area (Å²) in [5, 5.41) is 0. The Morgan fingerprint density at radius 3 is 2.21 bits per heavy atom. The molecule has 0 aliphatic heterocycles. The quantitative estimate of drug-likeness (QED) is 0.392. The zero-order valence-corrected chi connectivity index (χ0v) is 9.87. The van der Waals surface area contributed by atoms with E-state index in [1.165, 1.54) is 0 Å². The molecular formula is C10H23N3O. The summed E-state index contributed by atoms with van der Waals surface area (Å²) in [6.07, 6.45) is 1.08. The minimum absolute atomic E-state index is 0.136. The predicted octanol–water partition coefficient (Wildman–Crippen LogP) is 0.731. The Kier molecular flexibility index (Phi) is 5.72. The van der Waals surface area contributed by atoms with Crippen molar-refractivity contribution in [1.29, 1.82) is 0 Å². The van der Waals surface area contributed by atoms with E-state index in [1.807, 2.05) is 18.9 Å². The summed E-state index contributed by atoms with van der Waals surface area (Å²) in [4.78, 5) is 13.3. The van der Waals surface area contributed by atoms with Crippen LogP contribution in [0, 0.1) is 5.92 Å². The highest BCUT2D eigenvalue weighted by atomic mass is 16.2. The lowest BCUT2D eigenvalue weighted by molar-refractivity contribution is -0.126. The molecule has 0 aromatic carbocycles. The van der Waals surface area contributed by atoms with Crippen LogP contribution in [0.15, 0.2) is 0 Å². The summed E-state index contributed by atoms with van der Waals surface area (Å²) in [6, 6.07) is 0.219. The molecule has 0 saturated heterocycles. The van der Waals surface area contributed by atoms with Crippen molar-refractivity contribution in [3.05, 3.63) is 0 Å². The van der Waals surface area contributed by atoms with Crippen LogP contribution in [-0.4, -0.2) is 29.9 Å². The summed E-state index contributed by atoms with van der Waals surface area (Å²) >= 11 is 0. The summed E-state index contributed by atoms with van der Waals surface area (Å²) in [5.74, 6) is 5.59. The monoisotopic (exact) mass is 201 g/mol. The van der Waals surface area contributed by atoms with Crippen molar-refractivity contribution < 1.29 is 4.79 Å². The maximum absolute atomic E-state index is 11.3. The van der Waals surface area contributed by atoms with Gasteiger partial charge in [-0.2, -0.15) is 0 Å². The third-order valence-electron chi connectivity index (χ3n) is 2.64. The Morgan fingerprint density at radius 2 is 1.86 bits per heavy atom. The van der Waals surface area contributed by atoms with E-state index in [4.69, 9.17) is 5.84 Å². The molecule has 14 heavy (non-hydrogen) atoms. The van der Waals surface area contributed by atoms with Gasteiger partial charge in [-0.05, 0) is 33.2 Å². The fraction of sp³-hybridized carbons (Fsp3) is 0.900. The van der Waals surface area contributed by atoms with Gasteiger partial charge in [0.2, 0.25) is 0 Å². The molecule has 0 fully saturated rings. The molecule has 84 valence electrons. The van der Waals surface area contributed by atoms with Gasteiger partial charge in [-0.1, -0.05) is 13.8 Å². The first-order valence-corrected chi connectivity index (χ1v) is 5.12. The number of hydrazine groups is 1. The number of nitrogens with one attached hydrogen (secondary N) is 1. The normalized spacial score (nSPS) is 15.7. The van der Waals surface area contributed by atoms with Gasteiger partial charge in [0.15, 0.2) is 0 Å². The van der Waals surface area contributed by atoms with Crippen molar-refractivity contribution in [3.8, 4) is 0 Å². The summed E-state index contributed by atoms with van der Waals surface area (Å²) in [6.45, 7) is 8.34. The molecule has 0 bridgehead atoms. The Morgan fingerprint density at radius 1 is 1.36 bits per heavy atom. The van der Waals surface area contributed by atoms with Crippen molar-refractivity contribution >= 4 is 5.91 Å². The second kappa shape index (κ2) is 5.98. The number of nitrogens with two attached hydrogens (primary N) is 1. The number of amides is 1. The minimum Gasteiger partial charge on any atom is -0.293 e. The molecule has 3 N–H and O–H groups in total. The van der Waals surface area contributed by atoms with E-state index in [9.17, 15) is 4.79 Å². The third kappa shape index (κ3) is 4.07. The molecule has 0 radical (unpaired) electrons. The standard InChI is InChI=1S/C10H23N3O/c1-7(2)6-8(3)13(5)9(4)10(14)12-11/h7-9H,6,11H2,1-5H3,(H,12,14). The molecule has 4 nitrogen and oxygen atoms in total. The number of hydrogen-bond donors (Lipinski definition) is 2. The highest BCUT2D eigenvalue weighted by Crippen LogP contribution is 2.11. The van der Waals surface area contributed by atoms with Crippen LogP contribution in [0.5, 0.6) is 0 Å². The fourth-order valence-electron chi connectivity index (χ4n) is 1.54. The van der Waals surface area contributed by atoms with Gasteiger partial charge in [0.05, 0.1) is 6.04 Å². The molecule has 0 heterocycles. The molecule has 0 spiro atoms. The van der Waals surface area contributed by atoms with Crippen LogP contribution in [-0.2, 0) is 4.79 Å². The lowest BCUT2D eigenvalue weighted by atomic mass is 10.0. The van der Waals surface area contributed by atoms with Gasteiger partial charge in [-0.3, -0.25) is 15.1 Å². The van der Waals surface area contributed by atoms with Gasteiger partial charge >= 0.3 is 0 Å². The van der Waals surface area contributed by atoms with E-state index in [0.717, 1.165) is 6.42 Å². The average Bonchev–Trinajstić information content (AvgIpc) is 2.13. The fourth-order valence-corrected chi connectivity index (χ4v) is 1.54. The zero-order valence-electron chi connectivity index (χ0n) is 9.87. The van der Waals surface area contributed by atoms with Gasteiger partial charge in [0.25, 0.3) is 5.91 Å². The second-order valence-corrected chi connectivity index (χ2v) is 4.33. The van der Waals surface area contributed by atoms with E-state index in [-0.39, 0.29) is 11.9 Å². The third-order valence-corrected chi connectivity index (χ3v) is 2.64. The van der Waals surface area contributed by atoms with Crippen molar-refractivity contribution in [3.63, 3.8) is 0 Å². The second-order valence-electron chi connectivity index (χ2n) is 4.33. The van der Waals surface area contributed by atoms with Crippen LogP contribution < -0.4 is 11.3 Å². The Hall–Kier alpha value is -0.610. The Bertz CT molecular complexity index is 182. The van der Waals surface area contributed by atoms with Crippen LogP contribution in [0.25, 0.3) is 0 Å². The van der Waals surface area contributed by atoms with E-state index in [2.05, 4.69) is 26.2 Å². The number of rotatable bonds is 5. The van der Waals surface area contributed by atoms with Gasteiger partial charge < -0.3 is 0 Å². The molecule has 0 aromatic heterocycles. The number of hydrogen-bond acceptors (Lipinski definition) is 3. The molecule has 2 unspecified atom stereocenters. The summed E-state index contributed by atoms with van der Waals surface area (Å²) < 4.78 is 0. The average molecular weight is 201 g/mol. The maximum atomic E-state index is 11.3. The van der Waals surface area contributed by atoms with Crippen LogP contribution in [0.3, 0.4) is 0 Å². The smallest absolute Gasteiger partial charge is 0.250 e. The molecular weight excluding hydrogens is 178 g/mol. The highest BCUT2D eigenvalue weighted by molar-refractivity contribution is 5.80. The van der Waals surface area contributed by atoms with Crippen molar-refractivity contribution in [1.82, 2.24) is 10.3 Å². The predicted molar refractivity (Wildman–Crippen MR) is 58.5 cm³/mol. The highest BCUT2D eigenvalue weighted by Gasteiger charge is 2.21. The Balaban J connectivity index is 4.16. The first kappa shape index (κ1) is 13.4. The van der Waals surface area contributed by atoms with Crippen molar-refractivity contribution in [2.75, 3.05) is 7.05 Å². The molecule has 0 aromatic rings. The van der Waals surface area contributed by atoms with Gasteiger partial charge in [0.1, 0.15) is 0 Å². The number of carbonyl (C=O) groups is 1. The van der Waals surface area contributed by atoms with Crippen molar-refractivity contribution in [2.45, 2.75) is 46.2 Å². The molecule has 1 amide bonds. The largest absolute Gasteiger partial charge is 0.293 e. The minimum atomic E-state index is -0.172. The van der Waals surface area contributed by atoms with E-state index in [1.54, 1.807) is 0 Å². The summed E-state index contributed by atoms with van der Waals surface area (Å²) in [7, 11) is 1.95. The van der Waals surface area contributed by atoms with E-state index >= 15 is 0 Å². The number of nitrogens with zero attached hydrogens (tertiary/aromatic N) is 1. The lowest BCUT2D eigenvalue weighted by Crippen LogP contribution is -2.49. The van der Waals surface area contributed by atoms with Crippen LogP contribution in [0.1, 0.15) is 34.1 Å². The maximum Gasteiger partial charge on any atom is 0.250 e. The molecule has 0 saturated carbocycles. The lowest BCUT2D eigenvalue weighted by Gasteiger charge is -2.30. The molecule has 2 atom stereocenters.